The summed E-state index contributed by atoms with van der Waals surface area (Å²) in [5.74, 6) is -0.782. The van der Waals surface area contributed by atoms with Crippen LogP contribution in [0.2, 0.25) is 0 Å². The molecule has 0 saturated carbocycles. The average Bonchev–Trinajstić information content (AvgIpc) is 3.29. The summed E-state index contributed by atoms with van der Waals surface area (Å²) in [6, 6.07) is 8.17. The Morgan fingerprint density at radius 2 is 1.89 bits per heavy atom. The van der Waals surface area contributed by atoms with E-state index in [0.29, 0.717) is 29.4 Å². The Bertz CT molecular complexity index is 1250. The number of halogens is 4. The molecule has 2 heterocycles. The van der Waals surface area contributed by atoms with Crippen LogP contribution in [0.4, 0.5) is 45.3 Å². The number of hydrogen-bond donors (Lipinski definition) is 6. The van der Waals surface area contributed by atoms with Crippen molar-refractivity contribution in [2.45, 2.75) is 18.4 Å². The predicted molar refractivity (Wildman–Crippen MR) is 119 cm³/mol. The summed E-state index contributed by atoms with van der Waals surface area (Å²) < 4.78 is 57.7. The lowest BCUT2D eigenvalue weighted by Gasteiger charge is -2.39. The molecule has 4 rings (SSSR count). The number of nitrogens with zero attached hydrogens (tertiary/aromatic N) is 1. The van der Waals surface area contributed by atoms with Gasteiger partial charge < -0.3 is 35.5 Å². The van der Waals surface area contributed by atoms with Crippen molar-refractivity contribution >= 4 is 34.8 Å². The first-order valence-electron chi connectivity index (χ1n) is 10.1. The maximum absolute atomic E-state index is 13.9. The zero-order valence-electron chi connectivity index (χ0n) is 17.7. The van der Waals surface area contributed by atoms with Crippen LogP contribution < -0.4 is 20.9 Å². The fourth-order valence-corrected chi connectivity index (χ4v) is 3.52. The van der Waals surface area contributed by atoms with Gasteiger partial charge in [-0.25, -0.2) is 9.18 Å². The number of amidine groups is 1. The molecule has 1 aliphatic rings. The number of fused-ring (bicyclic) bond motifs is 1. The number of amides is 2. The maximum atomic E-state index is 13.9. The molecule has 1 aliphatic heterocycles. The fraction of sp³-hybridized carbons (Fsp3) is 0.182. The van der Waals surface area contributed by atoms with E-state index in [1.165, 1.54) is 35.4 Å². The first-order valence-corrected chi connectivity index (χ1v) is 10.1. The number of carbonyl (C=O) groups excluding carboxylic acids is 1. The Morgan fingerprint density at radius 1 is 1.17 bits per heavy atom. The Kier molecular flexibility index (Phi) is 6.37. The molecule has 13 heteroatoms. The summed E-state index contributed by atoms with van der Waals surface area (Å²) in [5.41, 5.74) is -0.689. The number of hydrogen-bond acceptors (Lipinski definition) is 6. The van der Waals surface area contributed by atoms with Crippen LogP contribution in [-0.4, -0.2) is 41.0 Å². The van der Waals surface area contributed by atoms with Crippen molar-refractivity contribution in [2.75, 3.05) is 27.5 Å². The third kappa shape index (κ3) is 4.90. The van der Waals surface area contributed by atoms with Gasteiger partial charge in [0.05, 0.1) is 29.7 Å². The summed E-state index contributed by atoms with van der Waals surface area (Å²) in [5, 5.41) is 35.5. The Morgan fingerprint density at radius 3 is 2.54 bits per heavy atom. The van der Waals surface area contributed by atoms with Gasteiger partial charge in [0.2, 0.25) is 5.88 Å². The number of aliphatic hydroxyl groups is 2. The van der Waals surface area contributed by atoms with Crippen LogP contribution in [0.15, 0.2) is 59.2 Å². The third-order valence-electron chi connectivity index (χ3n) is 5.22. The third-order valence-corrected chi connectivity index (χ3v) is 5.22. The van der Waals surface area contributed by atoms with Crippen molar-refractivity contribution in [3.63, 3.8) is 0 Å². The molecule has 1 aromatic heterocycles. The number of aliphatic hydroxyl groups excluding tert-OH is 2. The van der Waals surface area contributed by atoms with E-state index in [2.05, 4.69) is 10.6 Å². The molecule has 2 aromatic carbocycles. The number of benzene rings is 2. The lowest BCUT2D eigenvalue weighted by molar-refractivity contribution is -0.137. The van der Waals surface area contributed by atoms with Crippen molar-refractivity contribution in [2.24, 2.45) is 0 Å². The van der Waals surface area contributed by atoms with Gasteiger partial charge in [-0.1, -0.05) is 0 Å². The van der Waals surface area contributed by atoms with E-state index in [0.717, 1.165) is 0 Å². The van der Waals surface area contributed by atoms with E-state index < -0.39 is 48.2 Å². The average molecular weight is 493 g/mol. The number of furan rings is 1. The van der Waals surface area contributed by atoms with Crippen molar-refractivity contribution in [3.05, 3.63) is 71.7 Å². The minimum Gasteiger partial charge on any atom is -0.448 e. The Balaban J connectivity index is 1.50. The maximum Gasteiger partial charge on any atom is 0.416 e. The minimum atomic E-state index is -4.70. The highest BCUT2D eigenvalue weighted by atomic mass is 19.4. The molecule has 35 heavy (non-hydrogen) atoms. The van der Waals surface area contributed by atoms with Gasteiger partial charge in [0.15, 0.2) is 0 Å². The zero-order chi connectivity index (χ0) is 25.3. The van der Waals surface area contributed by atoms with Gasteiger partial charge in [0.25, 0.3) is 0 Å². The standard InChI is InChI=1S/C22H19F4N5O4/c23-15-6-1-11(22(24,25)26)9-16(15)29-21(34)28-12-2-4-13(5-3-12)31-18(27)14-7-8-35-20(14)30-19(31)17(33)10-32/h1-9,17,19,27,30,32-33H,10H2,(H2,28,29,34). The van der Waals surface area contributed by atoms with Crippen molar-refractivity contribution in [3.8, 4) is 0 Å². The van der Waals surface area contributed by atoms with Gasteiger partial charge in [-0.15, -0.1) is 0 Å². The Hall–Kier alpha value is -4.10. The molecule has 0 fully saturated rings. The second-order valence-electron chi connectivity index (χ2n) is 7.54. The van der Waals surface area contributed by atoms with Crippen LogP contribution in [0.25, 0.3) is 0 Å². The quantitative estimate of drug-likeness (QED) is 0.298. The summed E-state index contributed by atoms with van der Waals surface area (Å²) in [6.45, 7) is -0.594. The molecule has 0 aliphatic carbocycles. The molecule has 0 spiro atoms. The molecule has 0 radical (unpaired) electrons. The number of urea groups is 1. The van der Waals surface area contributed by atoms with Crippen molar-refractivity contribution in [1.82, 2.24) is 0 Å². The van der Waals surface area contributed by atoms with E-state index >= 15 is 0 Å². The molecule has 2 unspecified atom stereocenters. The van der Waals surface area contributed by atoms with Gasteiger partial charge in [-0.05, 0) is 48.5 Å². The molecule has 6 N–H and O–H groups in total. The minimum absolute atomic E-state index is 0.0107. The largest absolute Gasteiger partial charge is 0.448 e. The van der Waals surface area contributed by atoms with E-state index in [1.807, 2.05) is 5.32 Å². The lowest BCUT2D eigenvalue weighted by Crippen LogP contribution is -2.55. The van der Waals surface area contributed by atoms with Crippen LogP contribution in [0.1, 0.15) is 11.1 Å². The molecule has 184 valence electrons. The number of carbonyl (C=O) groups is 1. The smallest absolute Gasteiger partial charge is 0.416 e. The molecule has 0 bridgehead atoms. The lowest BCUT2D eigenvalue weighted by atomic mass is 10.1. The normalized spacial score (nSPS) is 16.3. The zero-order valence-corrected chi connectivity index (χ0v) is 17.7. The van der Waals surface area contributed by atoms with Gasteiger partial charge in [-0.3, -0.25) is 5.41 Å². The fourth-order valence-electron chi connectivity index (χ4n) is 3.52. The highest BCUT2D eigenvalue weighted by Gasteiger charge is 2.36. The summed E-state index contributed by atoms with van der Waals surface area (Å²) in [7, 11) is 0. The highest BCUT2D eigenvalue weighted by Crippen LogP contribution is 2.33. The van der Waals surface area contributed by atoms with E-state index in [1.54, 1.807) is 6.07 Å². The van der Waals surface area contributed by atoms with Crippen molar-refractivity contribution in [1.29, 1.82) is 5.41 Å². The number of anilines is 4. The molecule has 9 nitrogen and oxygen atoms in total. The van der Waals surface area contributed by atoms with E-state index in [-0.39, 0.29) is 17.4 Å². The second-order valence-corrected chi connectivity index (χ2v) is 7.54. The topological polar surface area (TPSA) is 134 Å². The molecule has 2 atom stereocenters. The molecular formula is C22H19F4N5O4. The highest BCUT2D eigenvalue weighted by molar-refractivity contribution is 6.13. The molecular weight excluding hydrogens is 474 g/mol. The summed E-state index contributed by atoms with van der Waals surface area (Å²) >= 11 is 0. The molecule has 0 saturated heterocycles. The van der Waals surface area contributed by atoms with Gasteiger partial charge in [0.1, 0.15) is 23.9 Å². The van der Waals surface area contributed by atoms with Gasteiger partial charge in [0, 0.05) is 11.4 Å². The van der Waals surface area contributed by atoms with E-state index in [4.69, 9.17) is 9.83 Å². The van der Waals surface area contributed by atoms with Crippen molar-refractivity contribution < 1.29 is 37.0 Å². The molecule has 2 amide bonds. The van der Waals surface area contributed by atoms with E-state index in [9.17, 15) is 32.6 Å². The van der Waals surface area contributed by atoms with Crippen LogP contribution >= 0.6 is 0 Å². The number of alkyl halides is 3. The number of nitrogens with one attached hydrogen (secondary N) is 4. The van der Waals surface area contributed by atoms with Gasteiger partial charge in [-0.2, -0.15) is 13.2 Å². The summed E-state index contributed by atoms with van der Waals surface area (Å²) in [4.78, 5) is 13.6. The first kappa shape index (κ1) is 24.0. The van der Waals surface area contributed by atoms with Crippen LogP contribution in [0, 0.1) is 11.2 Å². The van der Waals surface area contributed by atoms with Crippen LogP contribution in [-0.2, 0) is 6.18 Å². The van der Waals surface area contributed by atoms with Crippen LogP contribution in [0.3, 0.4) is 0 Å². The number of rotatable bonds is 5. The van der Waals surface area contributed by atoms with Crippen LogP contribution in [0.5, 0.6) is 0 Å². The first-order chi connectivity index (χ1) is 16.6. The predicted octanol–water partition coefficient (Wildman–Crippen LogP) is 4.02. The SMILES string of the molecule is N=C1c2ccoc2NC(C(O)CO)N1c1ccc(NC(=O)Nc2cc(C(F)(F)F)ccc2F)cc1. The Labute approximate surface area is 195 Å². The van der Waals surface area contributed by atoms with Gasteiger partial charge >= 0.3 is 12.2 Å². The molecule has 3 aromatic rings. The monoisotopic (exact) mass is 493 g/mol. The summed E-state index contributed by atoms with van der Waals surface area (Å²) in [6.07, 6.45) is -5.54. The second kappa shape index (κ2) is 9.27.